The zero-order valence-electron chi connectivity index (χ0n) is 13.5. The number of hydrogen-bond acceptors (Lipinski definition) is 3. The largest absolute Gasteiger partial charge is 0.493 e. The average Bonchev–Trinajstić information content (AvgIpc) is 2.95. The van der Waals surface area contributed by atoms with Gasteiger partial charge in [-0.3, -0.25) is 0 Å². The van der Waals surface area contributed by atoms with Crippen LogP contribution in [0.25, 0.3) is 0 Å². The zero-order valence-corrected chi connectivity index (χ0v) is 13.5. The predicted molar refractivity (Wildman–Crippen MR) is 87.1 cm³/mol. The minimum Gasteiger partial charge on any atom is -0.493 e. The number of fused-ring (bicyclic) bond motifs is 1. The lowest BCUT2D eigenvalue weighted by atomic mass is 9.80. The average molecular weight is 288 g/mol. The van der Waals surface area contributed by atoms with Gasteiger partial charge in [-0.15, -0.1) is 0 Å². The van der Waals surface area contributed by atoms with E-state index in [0.29, 0.717) is 5.41 Å². The molecule has 3 rings (SSSR count). The molecule has 2 heterocycles. The number of likely N-dealkylation sites (tertiary alicyclic amines) is 1. The van der Waals surface area contributed by atoms with E-state index < -0.39 is 0 Å². The lowest BCUT2D eigenvalue weighted by Gasteiger charge is -2.38. The van der Waals surface area contributed by atoms with E-state index in [1.807, 2.05) is 0 Å². The van der Waals surface area contributed by atoms with Gasteiger partial charge >= 0.3 is 0 Å². The van der Waals surface area contributed by atoms with Crippen molar-refractivity contribution in [3.63, 3.8) is 0 Å². The Morgan fingerprint density at radius 3 is 2.90 bits per heavy atom. The highest BCUT2D eigenvalue weighted by atomic mass is 16.5. The molecule has 0 aromatic heterocycles. The van der Waals surface area contributed by atoms with Crippen molar-refractivity contribution in [1.82, 2.24) is 10.2 Å². The lowest BCUT2D eigenvalue weighted by molar-refractivity contribution is 0.137. The second-order valence-corrected chi connectivity index (χ2v) is 7.08. The second kappa shape index (κ2) is 6.37. The molecule has 1 saturated heterocycles. The van der Waals surface area contributed by atoms with Gasteiger partial charge in [0, 0.05) is 13.0 Å². The number of benzene rings is 1. The smallest absolute Gasteiger partial charge is 0.122 e. The Balaban J connectivity index is 1.42. The predicted octanol–water partition coefficient (Wildman–Crippen LogP) is 2.49. The minimum atomic E-state index is 0.484. The summed E-state index contributed by atoms with van der Waals surface area (Å²) in [6, 6.07) is 6.67. The monoisotopic (exact) mass is 288 g/mol. The summed E-state index contributed by atoms with van der Waals surface area (Å²) in [6.45, 7) is 7.98. The van der Waals surface area contributed by atoms with Gasteiger partial charge in [0.1, 0.15) is 5.75 Å². The third kappa shape index (κ3) is 3.78. The number of nitrogens with one attached hydrogen (secondary N) is 1. The molecular weight excluding hydrogens is 260 g/mol. The quantitative estimate of drug-likeness (QED) is 0.843. The Kier molecular flexibility index (Phi) is 4.51. The minimum absolute atomic E-state index is 0.484. The van der Waals surface area contributed by atoms with Crippen LogP contribution in [-0.2, 0) is 12.8 Å². The molecule has 0 unspecified atom stereocenters. The van der Waals surface area contributed by atoms with Crippen LogP contribution >= 0.6 is 0 Å². The molecule has 2 aliphatic rings. The highest BCUT2D eigenvalue weighted by Gasteiger charge is 2.28. The summed E-state index contributed by atoms with van der Waals surface area (Å²) in [5, 5.41) is 3.68. The maximum absolute atomic E-state index is 5.56. The summed E-state index contributed by atoms with van der Waals surface area (Å²) in [5.41, 5.74) is 3.30. The molecule has 21 heavy (non-hydrogen) atoms. The topological polar surface area (TPSA) is 24.5 Å². The first-order valence-corrected chi connectivity index (χ1v) is 8.29. The first kappa shape index (κ1) is 14.9. The van der Waals surface area contributed by atoms with Gasteiger partial charge < -0.3 is 15.0 Å². The summed E-state index contributed by atoms with van der Waals surface area (Å²) in [7, 11) is 2.23. The van der Waals surface area contributed by atoms with E-state index in [0.717, 1.165) is 38.3 Å². The van der Waals surface area contributed by atoms with E-state index in [1.54, 1.807) is 0 Å². The van der Waals surface area contributed by atoms with Gasteiger partial charge in [0.2, 0.25) is 0 Å². The van der Waals surface area contributed by atoms with Crippen LogP contribution in [0, 0.1) is 5.41 Å². The molecule has 0 saturated carbocycles. The van der Waals surface area contributed by atoms with Crippen LogP contribution in [0.5, 0.6) is 5.75 Å². The number of hydrogen-bond donors (Lipinski definition) is 1. The molecule has 2 aliphatic heterocycles. The molecule has 0 bridgehead atoms. The SMILES string of the molecule is CN1CCC(C)(CNCCc2ccc3c(c2)CCO3)CC1. The van der Waals surface area contributed by atoms with Gasteiger partial charge in [-0.1, -0.05) is 19.1 Å². The standard InChI is InChI=1S/C18H28N2O/c1-18(7-10-20(2)11-8-18)14-19-9-5-15-3-4-17-16(13-15)6-12-21-17/h3-4,13,19H,5-12,14H2,1-2H3. The van der Waals surface area contributed by atoms with Crippen molar-refractivity contribution in [3.05, 3.63) is 29.3 Å². The Morgan fingerprint density at radius 2 is 2.10 bits per heavy atom. The Labute approximate surface area is 128 Å². The van der Waals surface area contributed by atoms with Crippen molar-refractivity contribution in [2.24, 2.45) is 5.41 Å². The zero-order chi connectivity index (χ0) is 14.7. The molecule has 0 amide bonds. The van der Waals surface area contributed by atoms with Crippen molar-refractivity contribution < 1.29 is 4.74 Å². The first-order valence-electron chi connectivity index (χ1n) is 8.29. The van der Waals surface area contributed by atoms with Gasteiger partial charge in [-0.25, -0.2) is 0 Å². The van der Waals surface area contributed by atoms with E-state index in [4.69, 9.17) is 4.74 Å². The normalized spacial score (nSPS) is 21.0. The number of nitrogens with zero attached hydrogens (tertiary/aromatic N) is 1. The van der Waals surface area contributed by atoms with E-state index in [-0.39, 0.29) is 0 Å². The van der Waals surface area contributed by atoms with Crippen LogP contribution in [0.4, 0.5) is 0 Å². The molecule has 3 heteroatoms. The molecule has 3 nitrogen and oxygen atoms in total. The van der Waals surface area contributed by atoms with Gasteiger partial charge in [0.15, 0.2) is 0 Å². The fraction of sp³-hybridized carbons (Fsp3) is 0.667. The fourth-order valence-corrected chi connectivity index (χ4v) is 3.35. The Morgan fingerprint density at radius 1 is 1.29 bits per heavy atom. The van der Waals surface area contributed by atoms with E-state index >= 15 is 0 Å². The highest BCUT2D eigenvalue weighted by molar-refractivity contribution is 5.39. The maximum Gasteiger partial charge on any atom is 0.122 e. The van der Waals surface area contributed by atoms with Gasteiger partial charge in [-0.2, -0.15) is 0 Å². The first-order chi connectivity index (χ1) is 10.1. The van der Waals surface area contributed by atoms with Crippen LogP contribution in [0.1, 0.15) is 30.9 Å². The molecule has 116 valence electrons. The molecular formula is C18H28N2O. The molecule has 0 aliphatic carbocycles. The van der Waals surface area contributed by atoms with Crippen LogP contribution in [-0.4, -0.2) is 44.7 Å². The maximum atomic E-state index is 5.56. The summed E-state index contributed by atoms with van der Waals surface area (Å²) >= 11 is 0. The van der Waals surface area contributed by atoms with Crippen LogP contribution in [0.2, 0.25) is 0 Å². The lowest BCUT2D eigenvalue weighted by Crippen LogP contribution is -2.42. The van der Waals surface area contributed by atoms with Crippen molar-refractivity contribution in [2.45, 2.75) is 32.6 Å². The van der Waals surface area contributed by atoms with Crippen LogP contribution < -0.4 is 10.1 Å². The van der Waals surface area contributed by atoms with E-state index in [2.05, 4.69) is 42.4 Å². The van der Waals surface area contributed by atoms with Crippen LogP contribution in [0.15, 0.2) is 18.2 Å². The molecule has 1 aromatic carbocycles. The van der Waals surface area contributed by atoms with Crippen molar-refractivity contribution in [2.75, 3.05) is 39.8 Å². The van der Waals surface area contributed by atoms with Crippen LogP contribution in [0.3, 0.4) is 0 Å². The third-order valence-electron chi connectivity index (χ3n) is 5.09. The summed E-state index contributed by atoms with van der Waals surface area (Å²) in [5.74, 6) is 1.09. The van der Waals surface area contributed by atoms with Gasteiger partial charge in [0.05, 0.1) is 6.61 Å². The molecule has 0 spiro atoms. The van der Waals surface area contributed by atoms with Crippen molar-refractivity contribution >= 4 is 0 Å². The van der Waals surface area contributed by atoms with Crippen molar-refractivity contribution in [1.29, 1.82) is 0 Å². The van der Waals surface area contributed by atoms with Gasteiger partial charge in [-0.05, 0) is 68.6 Å². The third-order valence-corrected chi connectivity index (χ3v) is 5.09. The molecule has 1 aromatic rings. The number of piperidine rings is 1. The second-order valence-electron chi connectivity index (χ2n) is 7.08. The van der Waals surface area contributed by atoms with E-state index in [1.165, 1.54) is 37.1 Å². The Hall–Kier alpha value is -1.06. The summed E-state index contributed by atoms with van der Waals surface area (Å²) in [4.78, 5) is 2.44. The molecule has 0 atom stereocenters. The van der Waals surface area contributed by atoms with E-state index in [9.17, 15) is 0 Å². The number of ether oxygens (including phenoxy) is 1. The molecule has 1 fully saturated rings. The fourth-order valence-electron chi connectivity index (χ4n) is 3.35. The molecule has 0 radical (unpaired) electrons. The highest BCUT2D eigenvalue weighted by Crippen LogP contribution is 2.29. The number of rotatable bonds is 5. The van der Waals surface area contributed by atoms with Gasteiger partial charge in [0.25, 0.3) is 0 Å². The summed E-state index contributed by atoms with van der Waals surface area (Å²) < 4.78 is 5.56. The molecule has 1 N–H and O–H groups in total. The summed E-state index contributed by atoms with van der Waals surface area (Å²) in [6.07, 6.45) is 4.81. The Bertz CT molecular complexity index is 478. The van der Waals surface area contributed by atoms with Crippen molar-refractivity contribution in [3.8, 4) is 5.75 Å².